The number of hydrogen-bond donors (Lipinski definition) is 5. The Labute approximate surface area is 169 Å². The van der Waals surface area contributed by atoms with Crippen LogP contribution in [-0.2, 0) is 9.57 Å². The summed E-state index contributed by atoms with van der Waals surface area (Å²) in [6.07, 6.45) is 9.50. The van der Waals surface area contributed by atoms with Crippen molar-refractivity contribution in [3.63, 3.8) is 0 Å². The predicted octanol–water partition coefficient (Wildman–Crippen LogP) is -0.0688. The van der Waals surface area contributed by atoms with E-state index in [1.807, 2.05) is 0 Å². The molecule has 4 heterocycles. The first-order valence-corrected chi connectivity index (χ1v) is 11.4. The zero-order chi connectivity index (χ0) is 19.2. The number of hydroxylamine groups is 1. The van der Waals surface area contributed by atoms with Gasteiger partial charge in [-0.15, -0.1) is 0 Å². The van der Waals surface area contributed by atoms with Gasteiger partial charge in [-0.2, -0.15) is 5.48 Å². The van der Waals surface area contributed by atoms with Crippen LogP contribution in [0, 0.1) is 5.92 Å². The second-order valence-corrected chi connectivity index (χ2v) is 8.89. The molecule has 4 aliphatic rings. The van der Waals surface area contributed by atoms with E-state index in [2.05, 4.69) is 31.6 Å². The lowest BCUT2D eigenvalue weighted by Gasteiger charge is -2.35. The van der Waals surface area contributed by atoms with Gasteiger partial charge in [0, 0.05) is 26.2 Å². The Bertz CT molecular complexity index is 464. The summed E-state index contributed by atoms with van der Waals surface area (Å²) in [6, 6.07) is 1.14. The molecule has 0 aliphatic carbocycles. The summed E-state index contributed by atoms with van der Waals surface area (Å²) in [5, 5.41) is 14.6. The van der Waals surface area contributed by atoms with Crippen LogP contribution in [0.2, 0.25) is 0 Å². The van der Waals surface area contributed by atoms with Crippen LogP contribution in [0.3, 0.4) is 0 Å². The average molecular weight is 397 g/mol. The van der Waals surface area contributed by atoms with Crippen LogP contribution in [0.4, 0.5) is 0 Å². The molecule has 4 saturated heterocycles. The van der Waals surface area contributed by atoms with Crippen molar-refractivity contribution in [2.45, 2.75) is 75.6 Å². The van der Waals surface area contributed by atoms with Gasteiger partial charge in [-0.1, -0.05) is 6.42 Å². The van der Waals surface area contributed by atoms with E-state index in [9.17, 15) is 0 Å². The molecular weight excluding hydrogens is 356 g/mol. The Hall–Kier alpha value is -0.320. The van der Waals surface area contributed by atoms with Gasteiger partial charge in [-0.25, -0.2) is 0 Å². The second kappa shape index (κ2) is 10.6. The lowest BCUT2D eigenvalue weighted by molar-refractivity contribution is -0.0257. The van der Waals surface area contributed by atoms with Gasteiger partial charge in [0.15, 0.2) is 0 Å². The predicted molar refractivity (Wildman–Crippen MR) is 110 cm³/mol. The third-order valence-electron chi connectivity index (χ3n) is 6.91. The molecule has 0 bridgehead atoms. The minimum absolute atomic E-state index is 0.103. The summed E-state index contributed by atoms with van der Waals surface area (Å²) in [5.41, 5.74) is 3.33. The van der Waals surface area contributed by atoms with Gasteiger partial charge < -0.3 is 15.4 Å². The number of likely N-dealkylation sites (tertiary alicyclic amines) is 1. The normalized spacial score (nSPS) is 40.2. The molecule has 0 saturated carbocycles. The van der Waals surface area contributed by atoms with E-state index < -0.39 is 0 Å². The van der Waals surface area contributed by atoms with Crippen molar-refractivity contribution in [2.24, 2.45) is 5.92 Å². The quantitative estimate of drug-likeness (QED) is 0.365. The highest BCUT2D eigenvalue weighted by molar-refractivity contribution is 4.93. The summed E-state index contributed by atoms with van der Waals surface area (Å²) in [4.78, 5) is 8.73. The van der Waals surface area contributed by atoms with Crippen LogP contribution in [0.25, 0.3) is 0 Å². The Balaban J connectivity index is 1.24. The molecule has 4 fully saturated rings. The van der Waals surface area contributed by atoms with Gasteiger partial charge in [0.05, 0.1) is 25.0 Å². The standard InChI is InChI=1S/C20H40N6O2/c1-27-12-10-23-18-13-15(7-9-22-18)19-24-20(28-25-19)17-6-4-11-26(17)14-16-5-2-3-8-21-16/h15-25H,2-14H2,1H3/t15?,16?,17-,18?,19?,20?/m1/s1. The number of nitrogens with zero attached hydrogens (tertiary/aromatic N) is 1. The summed E-state index contributed by atoms with van der Waals surface area (Å²) in [6.45, 7) is 6.23. The van der Waals surface area contributed by atoms with Gasteiger partial charge in [-0.3, -0.25) is 20.4 Å². The van der Waals surface area contributed by atoms with Crippen molar-refractivity contribution >= 4 is 0 Å². The highest BCUT2D eigenvalue weighted by Gasteiger charge is 2.41. The second-order valence-electron chi connectivity index (χ2n) is 8.89. The van der Waals surface area contributed by atoms with Crippen LogP contribution in [-0.4, -0.2) is 82.0 Å². The molecule has 8 heteroatoms. The Kier molecular flexibility index (Phi) is 7.95. The van der Waals surface area contributed by atoms with E-state index in [1.165, 1.54) is 51.6 Å². The smallest absolute Gasteiger partial charge is 0.146 e. The van der Waals surface area contributed by atoms with Crippen molar-refractivity contribution in [3.05, 3.63) is 0 Å². The van der Waals surface area contributed by atoms with Crippen LogP contribution in [0.5, 0.6) is 0 Å². The van der Waals surface area contributed by atoms with Gasteiger partial charge in [-0.05, 0) is 64.1 Å². The van der Waals surface area contributed by atoms with Crippen molar-refractivity contribution in [1.82, 2.24) is 31.6 Å². The zero-order valence-corrected chi connectivity index (χ0v) is 17.4. The van der Waals surface area contributed by atoms with E-state index in [0.29, 0.717) is 24.2 Å². The highest BCUT2D eigenvalue weighted by Crippen LogP contribution is 2.27. The highest BCUT2D eigenvalue weighted by atomic mass is 16.7. The SMILES string of the molecule is COCCNC1CC(C2NOC([C@H]3CCCN3CC3CCCCN3)N2)CCN1. The lowest BCUT2D eigenvalue weighted by Crippen LogP contribution is -2.55. The fraction of sp³-hybridized carbons (Fsp3) is 1.00. The van der Waals surface area contributed by atoms with Crippen LogP contribution in [0.15, 0.2) is 0 Å². The molecule has 28 heavy (non-hydrogen) atoms. The van der Waals surface area contributed by atoms with E-state index in [4.69, 9.17) is 9.57 Å². The minimum atomic E-state index is 0.103. The number of methoxy groups -OCH3 is 1. The Morgan fingerprint density at radius 3 is 2.93 bits per heavy atom. The third-order valence-corrected chi connectivity index (χ3v) is 6.91. The third kappa shape index (κ3) is 5.43. The molecule has 0 aromatic heterocycles. The monoisotopic (exact) mass is 396 g/mol. The molecule has 0 spiro atoms. The van der Waals surface area contributed by atoms with E-state index in [0.717, 1.165) is 32.7 Å². The first-order chi connectivity index (χ1) is 13.8. The molecule has 4 rings (SSSR count). The first-order valence-electron chi connectivity index (χ1n) is 11.4. The molecule has 0 aromatic rings. The molecule has 162 valence electrons. The minimum Gasteiger partial charge on any atom is -0.383 e. The van der Waals surface area contributed by atoms with Crippen molar-refractivity contribution < 1.29 is 9.57 Å². The summed E-state index contributed by atoms with van der Waals surface area (Å²) < 4.78 is 5.15. The van der Waals surface area contributed by atoms with Gasteiger partial charge >= 0.3 is 0 Å². The van der Waals surface area contributed by atoms with Crippen molar-refractivity contribution in [3.8, 4) is 0 Å². The summed E-state index contributed by atoms with van der Waals surface area (Å²) in [7, 11) is 1.75. The average Bonchev–Trinajstić information content (AvgIpc) is 3.39. The molecule has 0 aromatic carbocycles. The van der Waals surface area contributed by atoms with E-state index in [1.54, 1.807) is 7.11 Å². The maximum Gasteiger partial charge on any atom is 0.146 e. The fourth-order valence-corrected chi connectivity index (χ4v) is 5.34. The number of nitrogens with one attached hydrogen (secondary N) is 5. The molecule has 8 nitrogen and oxygen atoms in total. The zero-order valence-electron chi connectivity index (χ0n) is 17.4. The molecule has 0 amide bonds. The van der Waals surface area contributed by atoms with Crippen molar-refractivity contribution in [1.29, 1.82) is 0 Å². The molecule has 4 aliphatic heterocycles. The van der Waals surface area contributed by atoms with Crippen LogP contribution in [0.1, 0.15) is 44.9 Å². The van der Waals surface area contributed by atoms with E-state index >= 15 is 0 Å². The molecule has 5 N–H and O–H groups in total. The summed E-state index contributed by atoms with van der Waals surface area (Å²) in [5.74, 6) is 0.571. The van der Waals surface area contributed by atoms with Gasteiger partial charge in [0.2, 0.25) is 0 Å². The molecule has 0 radical (unpaired) electrons. The molecular formula is C20H40N6O2. The van der Waals surface area contributed by atoms with Crippen LogP contribution >= 0.6 is 0 Å². The fourth-order valence-electron chi connectivity index (χ4n) is 5.34. The molecule has 6 atom stereocenters. The first kappa shape index (κ1) is 20.9. The number of piperidine rings is 2. The van der Waals surface area contributed by atoms with E-state index in [-0.39, 0.29) is 12.4 Å². The summed E-state index contributed by atoms with van der Waals surface area (Å²) >= 11 is 0. The topological polar surface area (TPSA) is 81.8 Å². The van der Waals surface area contributed by atoms with Gasteiger partial charge in [0.25, 0.3) is 0 Å². The van der Waals surface area contributed by atoms with Gasteiger partial charge in [0.1, 0.15) is 6.23 Å². The maximum atomic E-state index is 6.07. The largest absolute Gasteiger partial charge is 0.383 e. The van der Waals surface area contributed by atoms with Crippen molar-refractivity contribution in [2.75, 3.05) is 46.4 Å². The number of rotatable bonds is 8. The Morgan fingerprint density at radius 1 is 1.11 bits per heavy atom. The maximum absolute atomic E-state index is 6.07. The van der Waals surface area contributed by atoms with Crippen LogP contribution < -0.4 is 26.7 Å². The molecule has 5 unspecified atom stereocenters. The number of ether oxygens (including phenoxy) is 1. The Morgan fingerprint density at radius 2 is 2.07 bits per heavy atom. The lowest BCUT2D eigenvalue weighted by atomic mass is 9.92. The number of hydrogen-bond acceptors (Lipinski definition) is 8.